The van der Waals surface area contributed by atoms with Crippen LogP contribution in [0, 0.1) is 0 Å². The smallest absolute Gasteiger partial charge is 0.231 e. The van der Waals surface area contributed by atoms with Crippen molar-refractivity contribution in [3.05, 3.63) is 23.8 Å². The Bertz CT molecular complexity index is 310. The average molecular weight is 180 g/mol. The molecule has 1 aromatic rings. The summed E-state index contributed by atoms with van der Waals surface area (Å²) in [5, 5.41) is 0. The van der Waals surface area contributed by atoms with E-state index in [2.05, 4.69) is 18.7 Å². The first-order valence-electron chi connectivity index (χ1n) is 4.47. The van der Waals surface area contributed by atoms with Crippen LogP contribution in [0.4, 0.5) is 0 Å². The van der Waals surface area contributed by atoms with E-state index in [1.807, 2.05) is 12.1 Å². The Balaban J connectivity index is 2.21. The van der Waals surface area contributed by atoms with Gasteiger partial charge in [0.15, 0.2) is 11.5 Å². The van der Waals surface area contributed by atoms with Crippen molar-refractivity contribution >= 4 is 0 Å². The Labute approximate surface area is 77.5 Å². The standard InChI is InChI=1S/C10H13NO2/c1-7(11)4-8-2-3-9-10(5-8)13-6-12-9/h2-3,5,7H,4,6,11H2,1H3/p+1/t7-/m1/s1. The van der Waals surface area contributed by atoms with E-state index >= 15 is 0 Å². The van der Waals surface area contributed by atoms with Crippen LogP contribution in [0.5, 0.6) is 11.5 Å². The van der Waals surface area contributed by atoms with E-state index in [0.29, 0.717) is 12.8 Å². The summed E-state index contributed by atoms with van der Waals surface area (Å²) in [5.41, 5.74) is 5.21. The molecule has 2 rings (SSSR count). The third-order valence-electron chi connectivity index (χ3n) is 2.02. The molecule has 1 aliphatic rings. The molecule has 0 unspecified atom stereocenters. The number of fused-ring (bicyclic) bond motifs is 1. The molecule has 0 aromatic heterocycles. The molecule has 1 atom stereocenters. The third kappa shape index (κ3) is 1.75. The molecular weight excluding hydrogens is 166 g/mol. The van der Waals surface area contributed by atoms with Crippen molar-refractivity contribution in [3.63, 3.8) is 0 Å². The quantitative estimate of drug-likeness (QED) is 0.724. The van der Waals surface area contributed by atoms with Crippen molar-refractivity contribution in [1.82, 2.24) is 0 Å². The van der Waals surface area contributed by atoms with Crippen molar-refractivity contribution < 1.29 is 15.2 Å². The molecule has 1 aliphatic heterocycles. The summed E-state index contributed by atoms with van der Waals surface area (Å²) in [4.78, 5) is 0. The van der Waals surface area contributed by atoms with Crippen LogP contribution in [0.2, 0.25) is 0 Å². The Hall–Kier alpha value is -1.22. The molecule has 0 aliphatic carbocycles. The summed E-state index contributed by atoms with van der Waals surface area (Å²) in [6, 6.07) is 6.49. The van der Waals surface area contributed by atoms with E-state index in [1.165, 1.54) is 5.56 Å². The Morgan fingerprint density at radius 3 is 2.92 bits per heavy atom. The zero-order valence-corrected chi connectivity index (χ0v) is 7.75. The lowest BCUT2D eigenvalue weighted by atomic mass is 10.1. The Morgan fingerprint density at radius 2 is 2.15 bits per heavy atom. The second-order valence-electron chi connectivity index (χ2n) is 3.50. The van der Waals surface area contributed by atoms with Crippen LogP contribution >= 0.6 is 0 Å². The van der Waals surface area contributed by atoms with Gasteiger partial charge in [-0.2, -0.15) is 0 Å². The summed E-state index contributed by atoms with van der Waals surface area (Å²) in [6.45, 7) is 2.45. The summed E-state index contributed by atoms with van der Waals surface area (Å²) < 4.78 is 10.5. The van der Waals surface area contributed by atoms with Crippen LogP contribution in [0.15, 0.2) is 18.2 Å². The lowest BCUT2D eigenvalue weighted by Gasteiger charge is -2.03. The van der Waals surface area contributed by atoms with Gasteiger partial charge in [0, 0.05) is 6.42 Å². The van der Waals surface area contributed by atoms with Gasteiger partial charge in [-0.1, -0.05) is 6.07 Å². The van der Waals surface area contributed by atoms with Crippen molar-refractivity contribution in [2.45, 2.75) is 19.4 Å². The Kier molecular flexibility index (Phi) is 2.10. The van der Waals surface area contributed by atoms with E-state index in [0.717, 1.165) is 17.9 Å². The molecule has 0 fully saturated rings. The van der Waals surface area contributed by atoms with Gasteiger partial charge < -0.3 is 15.2 Å². The van der Waals surface area contributed by atoms with Crippen molar-refractivity contribution in [2.75, 3.05) is 6.79 Å². The van der Waals surface area contributed by atoms with Gasteiger partial charge in [-0.05, 0) is 24.6 Å². The molecule has 1 aromatic carbocycles. The van der Waals surface area contributed by atoms with Gasteiger partial charge in [0.25, 0.3) is 0 Å². The van der Waals surface area contributed by atoms with Crippen LogP contribution < -0.4 is 15.2 Å². The maximum atomic E-state index is 5.28. The van der Waals surface area contributed by atoms with Crippen molar-refractivity contribution in [3.8, 4) is 11.5 Å². The minimum Gasteiger partial charge on any atom is -0.454 e. The number of ether oxygens (including phenoxy) is 2. The molecule has 0 amide bonds. The maximum absolute atomic E-state index is 5.28. The van der Waals surface area contributed by atoms with Gasteiger partial charge in [0.2, 0.25) is 6.79 Å². The van der Waals surface area contributed by atoms with Crippen LogP contribution in [-0.4, -0.2) is 12.8 Å². The summed E-state index contributed by atoms with van der Waals surface area (Å²) in [5.74, 6) is 1.71. The van der Waals surface area contributed by atoms with Crippen LogP contribution in [0.25, 0.3) is 0 Å². The molecule has 3 N–H and O–H groups in total. The molecule has 13 heavy (non-hydrogen) atoms. The van der Waals surface area contributed by atoms with Crippen molar-refractivity contribution in [2.24, 2.45) is 0 Å². The molecule has 3 heteroatoms. The lowest BCUT2D eigenvalue weighted by Crippen LogP contribution is -2.60. The van der Waals surface area contributed by atoms with E-state index in [-0.39, 0.29) is 0 Å². The zero-order valence-electron chi connectivity index (χ0n) is 7.75. The second kappa shape index (κ2) is 3.26. The molecule has 0 radical (unpaired) electrons. The average Bonchev–Trinajstić information content (AvgIpc) is 2.49. The molecule has 0 spiro atoms. The van der Waals surface area contributed by atoms with Gasteiger partial charge in [0.05, 0.1) is 6.04 Å². The van der Waals surface area contributed by atoms with Gasteiger partial charge in [-0.25, -0.2) is 0 Å². The van der Waals surface area contributed by atoms with Crippen LogP contribution in [-0.2, 0) is 6.42 Å². The van der Waals surface area contributed by atoms with Gasteiger partial charge >= 0.3 is 0 Å². The van der Waals surface area contributed by atoms with Crippen LogP contribution in [0.3, 0.4) is 0 Å². The molecule has 0 saturated carbocycles. The van der Waals surface area contributed by atoms with Crippen LogP contribution in [0.1, 0.15) is 12.5 Å². The molecule has 0 bridgehead atoms. The van der Waals surface area contributed by atoms with Gasteiger partial charge in [-0.3, -0.25) is 0 Å². The van der Waals surface area contributed by atoms with Crippen molar-refractivity contribution in [1.29, 1.82) is 0 Å². The predicted molar refractivity (Wildman–Crippen MR) is 48.6 cm³/mol. The normalized spacial score (nSPS) is 15.8. The number of benzene rings is 1. The Morgan fingerprint density at radius 1 is 1.38 bits per heavy atom. The number of rotatable bonds is 2. The number of quaternary nitrogens is 1. The highest BCUT2D eigenvalue weighted by Gasteiger charge is 2.13. The summed E-state index contributed by atoms with van der Waals surface area (Å²) in [7, 11) is 0. The second-order valence-corrected chi connectivity index (χ2v) is 3.50. The van der Waals surface area contributed by atoms with E-state index < -0.39 is 0 Å². The maximum Gasteiger partial charge on any atom is 0.231 e. The SMILES string of the molecule is C[C@@H]([NH3+])Cc1ccc2c(c1)OCO2. The molecule has 1 heterocycles. The highest BCUT2D eigenvalue weighted by Crippen LogP contribution is 2.32. The fourth-order valence-corrected chi connectivity index (χ4v) is 1.47. The van der Waals surface area contributed by atoms with E-state index in [9.17, 15) is 0 Å². The number of hydrogen-bond acceptors (Lipinski definition) is 2. The predicted octanol–water partition coefficient (Wildman–Crippen LogP) is 0.588. The van der Waals surface area contributed by atoms with E-state index in [4.69, 9.17) is 9.47 Å². The largest absolute Gasteiger partial charge is 0.454 e. The zero-order chi connectivity index (χ0) is 9.26. The summed E-state index contributed by atoms with van der Waals surface area (Å²) >= 11 is 0. The third-order valence-corrected chi connectivity index (χ3v) is 2.02. The molecule has 70 valence electrons. The fraction of sp³-hybridized carbons (Fsp3) is 0.400. The molecular formula is C10H14NO2+. The fourth-order valence-electron chi connectivity index (χ4n) is 1.47. The molecule has 0 saturated heterocycles. The van der Waals surface area contributed by atoms with Gasteiger partial charge in [0.1, 0.15) is 0 Å². The summed E-state index contributed by atoms with van der Waals surface area (Å²) in [6.07, 6.45) is 0.983. The first-order valence-corrected chi connectivity index (χ1v) is 4.47. The lowest BCUT2D eigenvalue weighted by molar-refractivity contribution is -0.413. The minimum absolute atomic E-state index is 0.346. The first-order chi connectivity index (χ1) is 6.25. The van der Waals surface area contributed by atoms with Gasteiger partial charge in [-0.15, -0.1) is 0 Å². The topological polar surface area (TPSA) is 46.1 Å². The highest BCUT2D eigenvalue weighted by atomic mass is 16.7. The minimum atomic E-state index is 0.346. The first kappa shape index (κ1) is 8.38. The highest BCUT2D eigenvalue weighted by molar-refractivity contribution is 5.44. The number of hydrogen-bond donors (Lipinski definition) is 1. The molecule has 3 nitrogen and oxygen atoms in total. The monoisotopic (exact) mass is 180 g/mol. The van der Waals surface area contributed by atoms with E-state index in [1.54, 1.807) is 0 Å².